The van der Waals surface area contributed by atoms with E-state index in [1.807, 2.05) is 36.4 Å². The van der Waals surface area contributed by atoms with Crippen LogP contribution < -0.4 is 11.1 Å². The van der Waals surface area contributed by atoms with Gasteiger partial charge in [-0.15, -0.1) is 0 Å². The minimum absolute atomic E-state index is 0.353. The summed E-state index contributed by atoms with van der Waals surface area (Å²) in [5, 5.41) is 3.19. The van der Waals surface area contributed by atoms with Gasteiger partial charge >= 0.3 is 0 Å². The summed E-state index contributed by atoms with van der Waals surface area (Å²) in [6, 6.07) is 11.5. The number of pyridine rings is 1. The Hall–Kier alpha value is -1.46. The van der Waals surface area contributed by atoms with Crippen molar-refractivity contribution in [1.29, 1.82) is 0 Å². The van der Waals surface area contributed by atoms with E-state index in [1.165, 1.54) is 0 Å². The van der Waals surface area contributed by atoms with Gasteiger partial charge in [0, 0.05) is 21.9 Å². The molecule has 0 aliphatic carbocycles. The summed E-state index contributed by atoms with van der Waals surface area (Å²) >= 11 is 8.28. The maximum atomic E-state index is 5.50. The SMILES string of the molecule is NC(=S)c1ccc(Nc2cccc(Br)c2)nc1. The van der Waals surface area contributed by atoms with Crippen LogP contribution in [0.25, 0.3) is 0 Å². The average Bonchev–Trinajstić information content (AvgIpc) is 2.29. The summed E-state index contributed by atoms with van der Waals surface area (Å²) in [5.74, 6) is 0.753. The van der Waals surface area contributed by atoms with Crippen LogP contribution in [0.5, 0.6) is 0 Å². The molecule has 2 aromatic rings. The predicted octanol–water partition coefficient (Wildman–Crippen LogP) is 3.22. The van der Waals surface area contributed by atoms with Crippen LogP contribution in [0.3, 0.4) is 0 Å². The molecule has 5 heteroatoms. The van der Waals surface area contributed by atoms with Gasteiger partial charge in [0.15, 0.2) is 0 Å². The molecule has 86 valence electrons. The van der Waals surface area contributed by atoms with Gasteiger partial charge in [-0.3, -0.25) is 0 Å². The van der Waals surface area contributed by atoms with Crippen molar-refractivity contribution in [2.45, 2.75) is 0 Å². The second kappa shape index (κ2) is 5.25. The molecule has 0 aliphatic rings. The van der Waals surface area contributed by atoms with Crippen molar-refractivity contribution in [3.8, 4) is 0 Å². The zero-order valence-corrected chi connectivity index (χ0v) is 11.3. The van der Waals surface area contributed by atoms with Gasteiger partial charge in [-0.1, -0.05) is 34.2 Å². The van der Waals surface area contributed by atoms with Crippen molar-refractivity contribution in [2.75, 3.05) is 5.32 Å². The Balaban J connectivity index is 2.16. The number of thiocarbonyl (C=S) groups is 1. The molecule has 17 heavy (non-hydrogen) atoms. The summed E-state index contributed by atoms with van der Waals surface area (Å²) in [5.41, 5.74) is 7.23. The van der Waals surface area contributed by atoms with Crippen molar-refractivity contribution >= 4 is 44.6 Å². The molecule has 0 spiro atoms. The molecular formula is C12H10BrN3S. The fourth-order valence-electron chi connectivity index (χ4n) is 1.33. The minimum atomic E-state index is 0.353. The van der Waals surface area contributed by atoms with E-state index in [-0.39, 0.29) is 0 Å². The Morgan fingerprint density at radius 2 is 2.12 bits per heavy atom. The lowest BCUT2D eigenvalue weighted by atomic mass is 10.3. The molecule has 0 amide bonds. The Morgan fingerprint density at radius 3 is 2.71 bits per heavy atom. The first-order chi connectivity index (χ1) is 8.15. The van der Waals surface area contributed by atoms with Gasteiger partial charge < -0.3 is 11.1 Å². The van der Waals surface area contributed by atoms with Crippen LogP contribution in [-0.4, -0.2) is 9.97 Å². The Labute approximate surface area is 113 Å². The van der Waals surface area contributed by atoms with E-state index in [9.17, 15) is 0 Å². The van der Waals surface area contributed by atoms with Gasteiger partial charge in [0.25, 0.3) is 0 Å². The number of nitrogens with one attached hydrogen (secondary N) is 1. The van der Waals surface area contributed by atoms with Crippen molar-refractivity contribution in [3.05, 3.63) is 52.6 Å². The number of hydrogen-bond donors (Lipinski definition) is 2. The normalized spacial score (nSPS) is 9.94. The number of aromatic nitrogens is 1. The Kier molecular flexibility index (Phi) is 3.71. The molecule has 0 unspecified atom stereocenters. The van der Waals surface area contributed by atoms with Crippen molar-refractivity contribution < 1.29 is 0 Å². The lowest BCUT2D eigenvalue weighted by Crippen LogP contribution is -2.09. The van der Waals surface area contributed by atoms with Gasteiger partial charge in [-0.05, 0) is 30.3 Å². The van der Waals surface area contributed by atoms with Crippen molar-refractivity contribution in [3.63, 3.8) is 0 Å². The number of halogens is 1. The second-order valence-corrected chi connectivity index (χ2v) is 4.79. The fraction of sp³-hybridized carbons (Fsp3) is 0. The van der Waals surface area contributed by atoms with Gasteiger partial charge in [0.1, 0.15) is 10.8 Å². The number of benzene rings is 1. The van der Waals surface area contributed by atoms with E-state index in [0.29, 0.717) is 4.99 Å². The summed E-state index contributed by atoms with van der Waals surface area (Å²) in [4.78, 5) is 4.58. The third kappa shape index (κ3) is 3.25. The summed E-state index contributed by atoms with van der Waals surface area (Å²) in [7, 11) is 0. The van der Waals surface area contributed by atoms with Crippen LogP contribution in [-0.2, 0) is 0 Å². The first-order valence-electron chi connectivity index (χ1n) is 4.93. The molecule has 0 saturated heterocycles. The van der Waals surface area contributed by atoms with Crippen molar-refractivity contribution in [2.24, 2.45) is 5.73 Å². The van der Waals surface area contributed by atoms with Gasteiger partial charge in [-0.25, -0.2) is 4.98 Å². The summed E-state index contributed by atoms with van der Waals surface area (Å²) in [6.45, 7) is 0. The quantitative estimate of drug-likeness (QED) is 0.855. The topological polar surface area (TPSA) is 50.9 Å². The van der Waals surface area contributed by atoms with Gasteiger partial charge in [-0.2, -0.15) is 0 Å². The smallest absolute Gasteiger partial charge is 0.130 e. The summed E-state index contributed by atoms with van der Waals surface area (Å²) in [6.07, 6.45) is 1.66. The highest BCUT2D eigenvalue weighted by atomic mass is 79.9. The zero-order chi connectivity index (χ0) is 12.3. The number of nitrogens with zero attached hydrogens (tertiary/aromatic N) is 1. The van der Waals surface area contributed by atoms with Crippen LogP contribution in [0, 0.1) is 0 Å². The first kappa shape index (κ1) is 12.0. The fourth-order valence-corrected chi connectivity index (χ4v) is 1.85. The Bertz CT molecular complexity index is 540. The highest BCUT2D eigenvalue weighted by Gasteiger charge is 1.99. The number of rotatable bonds is 3. The number of hydrogen-bond acceptors (Lipinski definition) is 3. The molecular weight excluding hydrogens is 298 g/mol. The van der Waals surface area contributed by atoms with Crippen LogP contribution in [0.2, 0.25) is 0 Å². The lowest BCUT2D eigenvalue weighted by Gasteiger charge is -2.06. The standard InChI is InChI=1S/C12H10BrN3S/c13-9-2-1-3-10(6-9)16-11-5-4-8(7-15-11)12(14)17/h1-7H,(H2,14,17)(H,15,16). The largest absolute Gasteiger partial charge is 0.389 e. The molecule has 0 bridgehead atoms. The van der Waals surface area contributed by atoms with E-state index in [4.69, 9.17) is 18.0 Å². The second-order valence-electron chi connectivity index (χ2n) is 3.43. The maximum Gasteiger partial charge on any atom is 0.130 e. The lowest BCUT2D eigenvalue weighted by molar-refractivity contribution is 1.30. The molecule has 3 nitrogen and oxygen atoms in total. The van der Waals surface area contributed by atoms with E-state index in [2.05, 4.69) is 26.2 Å². The molecule has 0 radical (unpaired) electrons. The van der Waals surface area contributed by atoms with Crippen LogP contribution >= 0.6 is 28.1 Å². The molecule has 2 rings (SSSR count). The third-order valence-corrected chi connectivity index (χ3v) is 2.87. The highest BCUT2D eigenvalue weighted by Crippen LogP contribution is 2.19. The molecule has 0 atom stereocenters. The number of nitrogens with two attached hydrogens (primary N) is 1. The highest BCUT2D eigenvalue weighted by molar-refractivity contribution is 9.10. The summed E-state index contributed by atoms with van der Waals surface area (Å²) < 4.78 is 1.02. The van der Waals surface area contributed by atoms with E-state index in [1.54, 1.807) is 6.20 Å². The monoisotopic (exact) mass is 307 g/mol. The molecule has 3 N–H and O–H groups in total. The van der Waals surface area contributed by atoms with Gasteiger partial charge in [0.05, 0.1) is 0 Å². The first-order valence-corrected chi connectivity index (χ1v) is 6.14. The number of anilines is 2. The van der Waals surface area contributed by atoms with E-state index < -0.39 is 0 Å². The Morgan fingerprint density at radius 1 is 1.29 bits per heavy atom. The van der Waals surface area contributed by atoms with Crippen LogP contribution in [0.4, 0.5) is 11.5 Å². The third-order valence-electron chi connectivity index (χ3n) is 2.15. The molecule has 1 heterocycles. The van der Waals surface area contributed by atoms with E-state index >= 15 is 0 Å². The maximum absolute atomic E-state index is 5.50. The van der Waals surface area contributed by atoms with Crippen molar-refractivity contribution in [1.82, 2.24) is 4.98 Å². The molecule has 0 aliphatic heterocycles. The minimum Gasteiger partial charge on any atom is -0.389 e. The van der Waals surface area contributed by atoms with E-state index in [0.717, 1.165) is 21.5 Å². The van der Waals surface area contributed by atoms with Crippen LogP contribution in [0.1, 0.15) is 5.56 Å². The molecule has 1 aromatic heterocycles. The molecule has 0 fully saturated rings. The zero-order valence-electron chi connectivity index (χ0n) is 8.85. The predicted molar refractivity (Wildman–Crippen MR) is 77.5 cm³/mol. The molecule has 0 saturated carbocycles. The van der Waals surface area contributed by atoms with Gasteiger partial charge in [0.2, 0.25) is 0 Å². The molecule has 1 aromatic carbocycles. The van der Waals surface area contributed by atoms with Crippen LogP contribution in [0.15, 0.2) is 47.1 Å². The average molecular weight is 308 g/mol.